The van der Waals surface area contributed by atoms with Crippen LogP contribution >= 0.6 is 0 Å². The van der Waals surface area contributed by atoms with E-state index in [4.69, 9.17) is 0 Å². The van der Waals surface area contributed by atoms with Gasteiger partial charge in [-0.2, -0.15) is 0 Å². The second-order valence-electron chi connectivity index (χ2n) is 5.09. The molecule has 1 aliphatic heterocycles. The molecule has 0 spiro atoms. The van der Waals surface area contributed by atoms with Crippen molar-refractivity contribution < 1.29 is 8.42 Å². The Balaban J connectivity index is 2.07. The number of pyridine rings is 1. The summed E-state index contributed by atoms with van der Waals surface area (Å²) in [7, 11) is -3.52. The third kappa shape index (κ3) is 2.42. The molecule has 1 atom stereocenters. The van der Waals surface area contributed by atoms with Crippen molar-refractivity contribution in [2.45, 2.75) is 24.3 Å². The third-order valence-electron chi connectivity index (χ3n) is 3.60. The number of aromatic nitrogens is 1. The van der Waals surface area contributed by atoms with Crippen molar-refractivity contribution >= 4 is 20.9 Å². The van der Waals surface area contributed by atoms with Gasteiger partial charge in [-0.1, -0.05) is 6.07 Å². The quantitative estimate of drug-likeness (QED) is 0.891. The number of rotatable bonds is 3. The molecule has 1 fully saturated rings. The molecular formula is C14H17N3O2S. The zero-order chi connectivity index (χ0) is 14.2. The Kier molecular flexibility index (Phi) is 3.45. The van der Waals surface area contributed by atoms with Crippen LogP contribution in [0.15, 0.2) is 35.4 Å². The zero-order valence-corrected chi connectivity index (χ0v) is 12.1. The SMILES string of the molecule is Cc1ccc(S(=O)(=O)N[C@@H]2CCNC2)c2cccnc12. The molecule has 2 N–H and O–H groups in total. The summed E-state index contributed by atoms with van der Waals surface area (Å²) in [4.78, 5) is 4.59. The maximum atomic E-state index is 12.5. The number of hydrogen-bond donors (Lipinski definition) is 2. The van der Waals surface area contributed by atoms with Crippen molar-refractivity contribution in [1.82, 2.24) is 15.0 Å². The molecule has 1 aromatic carbocycles. The molecule has 6 heteroatoms. The molecule has 5 nitrogen and oxygen atoms in total. The van der Waals surface area contributed by atoms with E-state index in [1.807, 2.05) is 6.92 Å². The van der Waals surface area contributed by atoms with Gasteiger partial charge in [-0.3, -0.25) is 4.98 Å². The monoisotopic (exact) mass is 291 g/mol. The summed E-state index contributed by atoms with van der Waals surface area (Å²) in [5.41, 5.74) is 1.71. The van der Waals surface area contributed by atoms with E-state index in [0.29, 0.717) is 16.8 Å². The van der Waals surface area contributed by atoms with Gasteiger partial charge in [-0.25, -0.2) is 13.1 Å². The average Bonchev–Trinajstić information content (AvgIpc) is 2.91. The van der Waals surface area contributed by atoms with E-state index in [9.17, 15) is 8.42 Å². The number of sulfonamides is 1. The second-order valence-corrected chi connectivity index (χ2v) is 6.77. The van der Waals surface area contributed by atoms with Crippen molar-refractivity contribution in [3.8, 4) is 0 Å². The molecule has 2 heterocycles. The van der Waals surface area contributed by atoms with Gasteiger partial charge in [-0.05, 0) is 43.7 Å². The van der Waals surface area contributed by atoms with Gasteiger partial charge in [0.2, 0.25) is 10.0 Å². The first kappa shape index (κ1) is 13.5. The van der Waals surface area contributed by atoms with E-state index in [-0.39, 0.29) is 6.04 Å². The molecule has 1 saturated heterocycles. The molecule has 2 aromatic rings. The predicted octanol–water partition coefficient (Wildman–Crippen LogP) is 1.18. The van der Waals surface area contributed by atoms with Crippen LogP contribution in [0.3, 0.4) is 0 Å². The number of aryl methyl sites for hydroxylation is 1. The van der Waals surface area contributed by atoms with Gasteiger partial charge in [-0.15, -0.1) is 0 Å². The first-order valence-electron chi connectivity index (χ1n) is 6.65. The fraction of sp³-hybridized carbons (Fsp3) is 0.357. The molecule has 1 aliphatic rings. The Bertz CT molecular complexity index is 737. The van der Waals surface area contributed by atoms with Crippen molar-refractivity contribution in [2.75, 3.05) is 13.1 Å². The Morgan fingerprint density at radius 3 is 2.95 bits per heavy atom. The van der Waals surface area contributed by atoms with Crippen LogP contribution in [0.4, 0.5) is 0 Å². The largest absolute Gasteiger partial charge is 0.315 e. The lowest BCUT2D eigenvalue weighted by molar-refractivity contribution is 0.561. The third-order valence-corrected chi connectivity index (χ3v) is 5.18. The molecule has 0 bridgehead atoms. The van der Waals surface area contributed by atoms with Gasteiger partial charge < -0.3 is 5.32 Å². The normalized spacial score (nSPS) is 19.6. The zero-order valence-electron chi connectivity index (χ0n) is 11.3. The number of nitrogens with zero attached hydrogens (tertiary/aromatic N) is 1. The highest BCUT2D eigenvalue weighted by Gasteiger charge is 2.24. The first-order valence-corrected chi connectivity index (χ1v) is 8.13. The number of benzene rings is 1. The highest BCUT2D eigenvalue weighted by molar-refractivity contribution is 7.89. The summed E-state index contributed by atoms with van der Waals surface area (Å²) < 4.78 is 27.9. The van der Waals surface area contributed by atoms with Gasteiger partial charge in [0.05, 0.1) is 10.4 Å². The molecule has 0 amide bonds. The molecule has 0 aliphatic carbocycles. The van der Waals surface area contributed by atoms with Crippen LogP contribution in [0.25, 0.3) is 10.9 Å². The summed E-state index contributed by atoms with van der Waals surface area (Å²) in [6, 6.07) is 6.99. The molecule has 0 unspecified atom stereocenters. The predicted molar refractivity (Wildman–Crippen MR) is 78.1 cm³/mol. The Morgan fingerprint density at radius 1 is 1.35 bits per heavy atom. The molecule has 20 heavy (non-hydrogen) atoms. The van der Waals surface area contributed by atoms with Crippen LogP contribution in [-0.4, -0.2) is 32.5 Å². The average molecular weight is 291 g/mol. The highest BCUT2D eigenvalue weighted by Crippen LogP contribution is 2.24. The minimum Gasteiger partial charge on any atom is -0.315 e. The minimum atomic E-state index is -3.52. The standard InChI is InChI=1S/C14H17N3O2S/c1-10-4-5-13(12-3-2-7-16-14(10)12)20(18,19)17-11-6-8-15-9-11/h2-5,7,11,15,17H,6,8-9H2,1H3/t11-/m1/s1. The molecule has 106 valence electrons. The molecular weight excluding hydrogens is 274 g/mol. The Morgan fingerprint density at radius 2 is 2.20 bits per heavy atom. The molecule has 0 radical (unpaired) electrons. The number of hydrogen-bond acceptors (Lipinski definition) is 4. The van der Waals surface area contributed by atoms with E-state index in [2.05, 4.69) is 15.0 Å². The summed E-state index contributed by atoms with van der Waals surface area (Å²) in [5, 5.41) is 3.83. The van der Waals surface area contributed by atoms with E-state index >= 15 is 0 Å². The fourth-order valence-corrected chi connectivity index (χ4v) is 4.03. The smallest absolute Gasteiger partial charge is 0.241 e. The Labute approximate surface area is 118 Å². The van der Waals surface area contributed by atoms with Crippen molar-refractivity contribution in [3.05, 3.63) is 36.0 Å². The van der Waals surface area contributed by atoms with Gasteiger partial charge >= 0.3 is 0 Å². The number of nitrogens with one attached hydrogen (secondary N) is 2. The Hall–Kier alpha value is -1.50. The van der Waals surface area contributed by atoms with E-state index < -0.39 is 10.0 Å². The van der Waals surface area contributed by atoms with Crippen molar-refractivity contribution in [3.63, 3.8) is 0 Å². The van der Waals surface area contributed by atoms with Gasteiger partial charge in [0, 0.05) is 24.2 Å². The summed E-state index contributed by atoms with van der Waals surface area (Å²) in [5.74, 6) is 0. The maximum Gasteiger partial charge on any atom is 0.241 e. The van der Waals surface area contributed by atoms with E-state index in [1.54, 1.807) is 30.5 Å². The van der Waals surface area contributed by atoms with E-state index in [1.165, 1.54) is 0 Å². The summed E-state index contributed by atoms with van der Waals surface area (Å²) in [6.07, 6.45) is 2.50. The van der Waals surface area contributed by atoms with Crippen LogP contribution in [0.1, 0.15) is 12.0 Å². The lowest BCUT2D eigenvalue weighted by Crippen LogP contribution is -2.36. The highest BCUT2D eigenvalue weighted by atomic mass is 32.2. The first-order chi connectivity index (χ1) is 9.58. The van der Waals surface area contributed by atoms with Gasteiger partial charge in [0.15, 0.2) is 0 Å². The maximum absolute atomic E-state index is 12.5. The van der Waals surface area contributed by atoms with Crippen LogP contribution in [0.5, 0.6) is 0 Å². The summed E-state index contributed by atoms with van der Waals surface area (Å²) >= 11 is 0. The van der Waals surface area contributed by atoms with Crippen LogP contribution in [-0.2, 0) is 10.0 Å². The lowest BCUT2D eigenvalue weighted by atomic mass is 10.1. The van der Waals surface area contributed by atoms with Crippen molar-refractivity contribution in [2.24, 2.45) is 0 Å². The van der Waals surface area contributed by atoms with Crippen molar-refractivity contribution in [1.29, 1.82) is 0 Å². The van der Waals surface area contributed by atoms with Crippen LogP contribution < -0.4 is 10.0 Å². The molecule has 1 aromatic heterocycles. The fourth-order valence-electron chi connectivity index (χ4n) is 2.56. The molecule has 0 saturated carbocycles. The second kappa shape index (κ2) is 5.12. The topological polar surface area (TPSA) is 71.1 Å². The van der Waals surface area contributed by atoms with Crippen LogP contribution in [0.2, 0.25) is 0 Å². The number of fused-ring (bicyclic) bond motifs is 1. The van der Waals surface area contributed by atoms with E-state index in [0.717, 1.165) is 24.0 Å². The van der Waals surface area contributed by atoms with Gasteiger partial charge in [0.1, 0.15) is 0 Å². The molecule has 3 rings (SSSR count). The van der Waals surface area contributed by atoms with Gasteiger partial charge in [0.25, 0.3) is 0 Å². The summed E-state index contributed by atoms with van der Waals surface area (Å²) in [6.45, 7) is 3.46. The minimum absolute atomic E-state index is 0.0342. The van der Waals surface area contributed by atoms with Crippen LogP contribution in [0, 0.1) is 6.92 Å². The lowest BCUT2D eigenvalue weighted by Gasteiger charge is -2.14.